The number of anilines is 18. The van der Waals surface area contributed by atoms with E-state index in [9.17, 15) is 0 Å². The molecule has 0 atom stereocenters. The van der Waals surface area contributed by atoms with E-state index in [0.717, 1.165) is 116 Å². The third-order valence-corrected chi connectivity index (χ3v) is 29.4. The summed E-state index contributed by atoms with van der Waals surface area (Å²) in [6.45, 7) is 0. The molecule has 21 aromatic carbocycles. The number of benzene rings is 21. The molecule has 136 heavy (non-hydrogen) atoms. The van der Waals surface area contributed by atoms with Crippen molar-refractivity contribution >= 4 is 255 Å². The summed E-state index contributed by atoms with van der Waals surface area (Å²) in [7, 11) is 0. The molecule has 0 saturated heterocycles. The lowest BCUT2D eigenvalue weighted by molar-refractivity contribution is 1.25. The second-order valence-corrected chi connectivity index (χ2v) is 39.2. The van der Waals surface area contributed by atoms with Crippen molar-refractivity contribution in [2.45, 2.75) is 0 Å². The minimum Gasteiger partial charge on any atom is -0.310 e. The first-order chi connectivity index (χ1) is 67.1. The lowest BCUT2D eigenvalue weighted by atomic mass is 10.0. The van der Waals surface area contributed by atoms with E-state index in [4.69, 9.17) is 0 Å². The smallest absolute Gasteiger partial charge is 0.0540 e. The quantitative estimate of drug-likeness (QED) is 0.0752. The minimum atomic E-state index is 1.00. The highest BCUT2D eigenvalue weighted by Crippen LogP contribution is 2.51. The van der Waals surface area contributed by atoms with Crippen LogP contribution in [0.1, 0.15) is 0 Å². The van der Waals surface area contributed by atoms with E-state index >= 15 is 0 Å². The average molecular weight is 1990 g/mol. The molecule has 0 saturated carbocycles. The van der Waals surface area contributed by atoms with Crippen LogP contribution in [0.5, 0.6) is 0 Å². The van der Waals surface area contributed by atoms with Gasteiger partial charge < -0.3 is 29.4 Å². The van der Waals surface area contributed by atoms with E-state index in [-0.39, 0.29) is 0 Å². The molecule has 0 N–H and O–H groups in total. The Morgan fingerprint density at radius 3 is 0.654 bits per heavy atom. The Morgan fingerprint density at radius 2 is 0.346 bits per heavy atom. The van der Waals surface area contributed by atoms with Crippen molar-refractivity contribution in [1.82, 2.24) is 0 Å². The zero-order valence-corrected chi connectivity index (χ0v) is 80.8. The molecule has 0 amide bonds. The van der Waals surface area contributed by atoms with Crippen LogP contribution in [0, 0.1) is 0 Å². The Kier molecular flexibility index (Phi) is 24.8. The maximum absolute atomic E-state index is 3.90. The highest BCUT2D eigenvalue weighted by atomic mass is 79.9. The van der Waals surface area contributed by atoms with Crippen LogP contribution in [-0.2, 0) is 0 Å². The first kappa shape index (κ1) is 86.2. The number of halogens is 3. The van der Waals surface area contributed by atoms with Gasteiger partial charge in [-0.1, -0.05) is 333 Å². The van der Waals surface area contributed by atoms with Gasteiger partial charge in [0.25, 0.3) is 0 Å². The van der Waals surface area contributed by atoms with E-state index in [1.807, 2.05) is 34.0 Å². The Labute approximate surface area is 828 Å². The van der Waals surface area contributed by atoms with Crippen molar-refractivity contribution in [3.05, 3.63) is 529 Å². The highest BCUT2D eigenvalue weighted by Gasteiger charge is 2.26. The normalized spacial score (nSPS) is 11.2. The second-order valence-electron chi connectivity index (χ2n) is 33.2. The molecule has 24 aromatic rings. The minimum absolute atomic E-state index is 1.00. The fraction of sp³-hybridized carbons (Fsp3) is 0. The van der Waals surface area contributed by atoms with E-state index in [1.54, 1.807) is 0 Å². The van der Waals surface area contributed by atoms with Gasteiger partial charge in [0, 0.05) is 176 Å². The monoisotopic (exact) mass is 1990 g/mol. The number of thiophene rings is 3. The van der Waals surface area contributed by atoms with Crippen molar-refractivity contribution in [3.63, 3.8) is 0 Å². The van der Waals surface area contributed by atoms with Gasteiger partial charge in [-0.05, 0) is 258 Å². The molecule has 3 aromatic heterocycles. The number of hydrogen-bond acceptors (Lipinski definition) is 9. The fourth-order valence-corrected chi connectivity index (χ4v) is 23.1. The first-order valence-corrected chi connectivity index (χ1v) is 50.0. The summed E-state index contributed by atoms with van der Waals surface area (Å²) in [6, 6.07) is 184. The molecule has 0 aliphatic rings. The standard InChI is InChI=1S/2C42H29BrN2S.C40H27BrN2S/c43-32-26-37(44(33-14-6-2-7-15-33)35-22-20-31(21-23-35)30-12-4-1-5-13-30)28-38(27-32)45(34-16-8-3-9-17-34)36-24-25-42-40(29-36)39-18-10-11-19-41(39)46-42;43-32-26-37(44(33-14-6-2-7-15-33)34-16-8-3-9-17-34)28-38(27-32)45(35-22-20-31(21-23-35)30-12-4-1-5-13-30)36-24-25-42-40(29-36)39-18-10-11-19-41(39)46-42;41-29-24-33(26-34(25-29)43(31-16-5-2-6-17-31)38-20-11-13-28-12-7-8-18-35(28)38)42(30-14-3-1-4-15-30)32-22-23-40-37(27-32)36-19-9-10-21-39(36)44-40/h2*1-29H;1-27H. The highest BCUT2D eigenvalue weighted by molar-refractivity contribution is 9.11. The molecule has 0 unspecified atom stereocenters. The zero-order valence-electron chi connectivity index (χ0n) is 73.6. The maximum atomic E-state index is 3.90. The van der Waals surface area contributed by atoms with Gasteiger partial charge in [0.05, 0.1) is 5.69 Å². The average Bonchev–Trinajstić information content (AvgIpc) is 1.19. The van der Waals surface area contributed by atoms with Crippen LogP contribution < -0.4 is 29.4 Å². The van der Waals surface area contributed by atoms with Crippen molar-refractivity contribution in [3.8, 4) is 22.3 Å². The summed E-state index contributed by atoms with van der Waals surface area (Å²) in [5, 5.41) is 10.1. The van der Waals surface area contributed by atoms with Gasteiger partial charge in [-0.15, -0.1) is 34.0 Å². The van der Waals surface area contributed by atoms with Crippen molar-refractivity contribution in [1.29, 1.82) is 0 Å². The van der Waals surface area contributed by atoms with E-state index in [1.165, 1.54) is 93.5 Å². The summed E-state index contributed by atoms with van der Waals surface area (Å²) in [5.74, 6) is 0. The lowest BCUT2D eigenvalue weighted by Gasteiger charge is -2.30. The Morgan fingerprint density at radius 1 is 0.132 bits per heavy atom. The molecule has 650 valence electrons. The molecule has 0 aliphatic carbocycles. The van der Waals surface area contributed by atoms with Crippen LogP contribution in [0.4, 0.5) is 102 Å². The molecule has 0 bridgehead atoms. The van der Waals surface area contributed by atoms with E-state index in [2.05, 4.69) is 593 Å². The summed E-state index contributed by atoms with van der Waals surface area (Å²) >= 11 is 17.2. The van der Waals surface area contributed by atoms with Gasteiger partial charge >= 0.3 is 0 Å². The van der Waals surface area contributed by atoms with E-state index < -0.39 is 0 Å². The SMILES string of the molecule is Brc1cc(N(c2ccccc2)c2ccc(-c3ccccc3)cc2)cc(N(c2ccccc2)c2ccc3sc4ccccc4c3c2)c1.Brc1cc(N(c2ccccc2)c2ccc3sc4ccccc4c3c2)cc(N(c2ccccc2)c2cccc3ccccc23)c1.Brc1cc(N(c2ccccc2)c2ccccc2)cc(N(c2ccc(-c3ccccc3)cc2)c2ccc3sc4ccccc4c3c2)c1. The molecule has 3 heterocycles. The number of para-hydroxylation sites is 6. The van der Waals surface area contributed by atoms with Gasteiger partial charge in [-0.3, -0.25) is 0 Å². The number of rotatable bonds is 20. The number of hydrogen-bond donors (Lipinski definition) is 0. The van der Waals surface area contributed by atoms with Crippen LogP contribution in [0.2, 0.25) is 0 Å². The molecule has 6 nitrogen and oxygen atoms in total. The molecule has 0 radical (unpaired) electrons. The van der Waals surface area contributed by atoms with Gasteiger partial charge in [0.15, 0.2) is 0 Å². The van der Waals surface area contributed by atoms with Crippen LogP contribution in [0.25, 0.3) is 93.5 Å². The molecule has 0 fully saturated rings. The topological polar surface area (TPSA) is 19.4 Å². The largest absolute Gasteiger partial charge is 0.310 e. The Balaban J connectivity index is 0.000000118. The molecule has 0 spiro atoms. The van der Waals surface area contributed by atoms with Crippen LogP contribution >= 0.6 is 81.8 Å². The van der Waals surface area contributed by atoms with E-state index in [0.29, 0.717) is 0 Å². The maximum Gasteiger partial charge on any atom is 0.0540 e. The predicted octanol–water partition coefficient (Wildman–Crippen LogP) is 39.8. The summed E-state index contributed by atoms with van der Waals surface area (Å²) in [4.78, 5) is 14.1. The second kappa shape index (κ2) is 39.1. The third-order valence-electron chi connectivity index (χ3n) is 24.6. The van der Waals surface area contributed by atoms with Gasteiger partial charge in [-0.2, -0.15) is 0 Å². The predicted molar refractivity (Wildman–Crippen MR) is 598 cm³/mol. The Hall–Kier alpha value is -15.2. The zero-order chi connectivity index (χ0) is 91.2. The van der Waals surface area contributed by atoms with Crippen molar-refractivity contribution < 1.29 is 0 Å². The Bertz CT molecular complexity index is 8300. The van der Waals surface area contributed by atoms with Crippen molar-refractivity contribution in [2.75, 3.05) is 29.4 Å². The molecule has 12 heteroatoms. The summed E-state index contributed by atoms with van der Waals surface area (Å²) in [5.41, 5.74) is 24.5. The first-order valence-electron chi connectivity index (χ1n) is 45.2. The van der Waals surface area contributed by atoms with Crippen LogP contribution in [-0.4, -0.2) is 0 Å². The summed E-state index contributed by atoms with van der Waals surface area (Å²) < 4.78 is 10.8. The lowest BCUT2D eigenvalue weighted by Crippen LogP contribution is -2.13. The van der Waals surface area contributed by atoms with Crippen LogP contribution in [0.15, 0.2) is 529 Å². The van der Waals surface area contributed by atoms with Crippen LogP contribution in [0.3, 0.4) is 0 Å². The van der Waals surface area contributed by atoms with Crippen molar-refractivity contribution in [2.24, 2.45) is 0 Å². The number of nitrogens with zero attached hydrogens (tertiary/aromatic N) is 6. The summed E-state index contributed by atoms with van der Waals surface area (Å²) in [6.07, 6.45) is 0. The molecule has 24 rings (SSSR count). The molecular weight excluding hydrogens is 1910 g/mol. The fourth-order valence-electron chi connectivity index (χ4n) is 18.4. The van der Waals surface area contributed by atoms with Gasteiger partial charge in [-0.25, -0.2) is 0 Å². The van der Waals surface area contributed by atoms with Gasteiger partial charge in [0.2, 0.25) is 0 Å². The molecular formula is C124H85Br3N6S3. The number of fused-ring (bicyclic) bond motifs is 10. The van der Waals surface area contributed by atoms with Gasteiger partial charge in [0.1, 0.15) is 0 Å². The molecule has 0 aliphatic heterocycles. The third kappa shape index (κ3) is 18.1.